The number of nitrogens with one attached hydrogen (secondary N) is 2. The molecule has 3 N–H and O–H groups in total. The van der Waals surface area contributed by atoms with Crippen LogP contribution in [0.2, 0.25) is 0 Å². The van der Waals surface area contributed by atoms with Gasteiger partial charge in [-0.2, -0.15) is 12.6 Å². The molecule has 0 spiro atoms. The van der Waals surface area contributed by atoms with Gasteiger partial charge in [-0.25, -0.2) is 4.79 Å². The van der Waals surface area contributed by atoms with Crippen LogP contribution in [0.4, 0.5) is 8.63 Å². The first-order chi connectivity index (χ1) is 12.7. The number of aliphatic carboxylic acids is 1. The fourth-order valence-electron chi connectivity index (χ4n) is 3.33. The number of allylic oxidation sites excluding steroid dienone is 2. The quantitative estimate of drug-likeness (QED) is 0.285. The first kappa shape index (κ1) is 21.5. The van der Waals surface area contributed by atoms with Gasteiger partial charge in [0.15, 0.2) is 0 Å². The van der Waals surface area contributed by atoms with Crippen molar-refractivity contribution in [1.29, 1.82) is 0 Å². The Kier molecular flexibility index (Phi) is 7.49. The molecule has 3 atom stereocenters. The van der Waals surface area contributed by atoms with Crippen molar-refractivity contribution in [3.05, 3.63) is 35.2 Å². The molecule has 0 bridgehead atoms. The Hall–Kier alpha value is -1.81. The molecule has 0 saturated carbocycles. The maximum Gasteiger partial charge on any atom is 0.677 e. The van der Waals surface area contributed by atoms with Gasteiger partial charge in [0, 0.05) is 42.1 Å². The van der Waals surface area contributed by atoms with Crippen LogP contribution in [0, 0.1) is 5.92 Å². The van der Waals surface area contributed by atoms with Crippen molar-refractivity contribution >= 4 is 31.9 Å². The third-order valence-electron chi connectivity index (χ3n) is 4.71. The van der Waals surface area contributed by atoms with E-state index in [1.807, 2.05) is 13.0 Å². The molecule has 148 valence electrons. The van der Waals surface area contributed by atoms with Crippen molar-refractivity contribution in [2.24, 2.45) is 5.92 Å². The van der Waals surface area contributed by atoms with Gasteiger partial charge in [-0.1, -0.05) is 24.6 Å². The minimum Gasteiger partial charge on any atom is -0.480 e. The van der Waals surface area contributed by atoms with Crippen molar-refractivity contribution in [3.8, 4) is 0 Å². The number of carbonyl (C=O) groups excluding carboxylic acids is 1. The summed E-state index contributed by atoms with van der Waals surface area (Å²) in [5.41, 5.74) is 2.00. The first-order valence-corrected chi connectivity index (χ1v) is 9.40. The number of carboxylic acids is 1. The van der Waals surface area contributed by atoms with Gasteiger partial charge in [-0.05, 0) is 19.4 Å². The van der Waals surface area contributed by atoms with Gasteiger partial charge in [0.25, 0.3) is 0 Å². The summed E-state index contributed by atoms with van der Waals surface area (Å²) in [7, 11) is -2.61. The lowest BCUT2D eigenvalue weighted by Gasteiger charge is -2.23. The molecule has 10 heteroatoms. The maximum atomic E-state index is 13.4. The Morgan fingerprint density at radius 3 is 2.85 bits per heavy atom. The Bertz CT molecular complexity index is 684. The highest BCUT2D eigenvalue weighted by Crippen LogP contribution is 2.33. The van der Waals surface area contributed by atoms with Gasteiger partial charge in [0.05, 0.1) is 0 Å². The van der Waals surface area contributed by atoms with Gasteiger partial charge in [0.2, 0.25) is 5.91 Å². The van der Waals surface area contributed by atoms with E-state index >= 15 is 0 Å². The summed E-state index contributed by atoms with van der Waals surface area (Å²) >= 11 is 3.91. The lowest BCUT2D eigenvalue weighted by molar-refractivity contribution is -0.141. The molecule has 2 rings (SSSR count). The molecule has 0 aromatic carbocycles. The van der Waals surface area contributed by atoms with E-state index in [1.54, 1.807) is 19.1 Å². The average molecular weight is 399 g/mol. The SMILES string of the molecule is CC1=CC(C)/C(=C/C2NCC=C2CCC(=O)NC(CS)C(=O)O)N1B(F)F. The largest absolute Gasteiger partial charge is 0.677 e. The van der Waals surface area contributed by atoms with E-state index in [-0.39, 0.29) is 30.0 Å². The molecule has 2 aliphatic rings. The third-order valence-corrected chi connectivity index (χ3v) is 5.07. The first-order valence-electron chi connectivity index (χ1n) is 8.77. The van der Waals surface area contributed by atoms with E-state index in [4.69, 9.17) is 5.11 Å². The summed E-state index contributed by atoms with van der Waals surface area (Å²) in [6, 6.07) is -1.25. The summed E-state index contributed by atoms with van der Waals surface area (Å²) in [5.74, 6) is -1.62. The van der Waals surface area contributed by atoms with Crippen LogP contribution in [-0.4, -0.2) is 53.6 Å². The van der Waals surface area contributed by atoms with E-state index in [0.717, 1.165) is 10.4 Å². The Morgan fingerprint density at radius 2 is 2.26 bits per heavy atom. The molecule has 2 heterocycles. The molecule has 0 aromatic heterocycles. The second kappa shape index (κ2) is 9.41. The average Bonchev–Trinajstić information content (AvgIpc) is 3.14. The number of nitrogens with zero attached hydrogens (tertiary/aromatic N) is 1. The van der Waals surface area contributed by atoms with Crippen molar-refractivity contribution in [2.75, 3.05) is 12.3 Å². The predicted molar refractivity (Wildman–Crippen MR) is 103 cm³/mol. The lowest BCUT2D eigenvalue weighted by Crippen LogP contribution is -2.42. The second-order valence-corrected chi connectivity index (χ2v) is 7.01. The number of carboxylic acid groups (broad SMARTS) is 1. The number of hydrogen-bond donors (Lipinski definition) is 4. The Morgan fingerprint density at radius 1 is 1.56 bits per heavy atom. The van der Waals surface area contributed by atoms with Gasteiger partial charge >= 0.3 is 13.4 Å². The molecule has 0 radical (unpaired) electrons. The fraction of sp³-hybridized carbons (Fsp3) is 0.529. The molecule has 27 heavy (non-hydrogen) atoms. The lowest BCUT2D eigenvalue weighted by atomic mass is 9.98. The molecule has 2 aliphatic heterocycles. The van der Waals surface area contributed by atoms with Crippen LogP contribution in [0.1, 0.15) is 26.7 Å². The van der Waals surface area contributed by atoms with Crippen LogP contribution in [0.15, 0.2) is 35.2 Å². The van der Waals surface area contributed by atoms with Gasteiger partial charge < -0.3 is 20.6 Å². The molecule has 0 aliphatic carbocycles. The van der Waals surface area contributed by atoms with Crippen molar-refractivity contribution < 1.29 is 23.3 Å². The molecule has 0 saturated heterocycles. The number of amides is 1. The topological polar surface area (TPSA) is 81.7 Å². The van der Waals surface area contributed by atoms with E-state index < -0.39 is 19.4 Å². The number of halogens is 2. The van der Waals surface area contributed by atoms with E-state index in [0.29, 0.717) is 24.4 Å². The summed E-state index contributed by atoms with van der Waals surface area (Å²) in [6.45, 7) is 4.12. The van der Waals surface area contributed by atoms with Crippen LogP contribution >= 0.6 is 12.6 Å². The fourth-order valence-corrected chi connectivity index (χ4v) is 3.58. The van der Waals surface area contributed by atoms with Crippen LogP contribution in [-0.2, 0) is 9.59 Å². The Labute approximate surface area is 163 Å². The third kappa shape index (κ3) is 5.35. The molecular weight excluding hydrogens is 375 g/mol. The van der Waals surface area contributed by atoms with Gasteiger partial charge in [0.1, 0.15) is 6.04 Å². The second-order valence-electron chi connectivity index (χ2n) is 6.64. The van der Waals surface area contributed by atoms with Gasteiger partial charge in [-0.15, -0.1) is 0 Å². The smallest absolute Gasteiger partial charge is 0.480 e. The van der Waals surface area contributed by atoms with E-state index in [1.165, 1.54) is 0 Å². The van der Waals surface area contributed by atoms with Crippen LogP contribution in [0.25, 0.3) is 0 Å². The summed E-state index contributed by atoms with van der Waals surface area (Å²) < 4.78 is 26.7. The molecule has 1 amide bonds. The van der Waals surface area contributed by atoms with Crippen molar-refractivity contribution in [3.63, 3.8) is 0 Å². The number of thiol groups is 1. The minimum absolute atomic E-state index is 0.00769. The molecular formula is C17H24BF2N3O3S. The highest BCUT2D eigenvalue weighted by Gasteiger charge is 2.36. The van der Waals surface area contributed by atoms with Crippen molar-refractivity contribution in [2.45, 2.75) is 38.8 Å². The number of hydrogen-bond acceptors (Lipinski definition) is 5. The molecule has 0 fully saturated rings. The predicted octanol–water partition coefficient (Wildman–Crippen LogP) is 1.83. The standard InChI is InChI=1S/C17H24BF2N3O3S/c1-10-7-11(2)23(18(19)20)15(10)8-13-12(5-6-21-13)3-4-16(24)22-14(9-27)17(25)26/h5,7-8,10,13-14,21,27H,3-4,6,9H2,1-2H3,(H,22,24)(H,25,26)/b15-8-. The highest BCUT2D eigenvalue weighted by molar-refractivity contribution is 7.80. The summed E-state index contributed by atoms with van der Waals surface area (Å²) in [4.78, 5) is 24.0. The van der Waals surface area contributed by atoms with E-state index in [9.17, 15) is 18.2 Å². The maximum absolute atomic E-state index is 13.4. The number of carbonyl (C=O) groups is 2. The zero-order chi connectivity index (χ0) is 20.1. The zero-order valence-corrected chi connectivity index (χ0v) is 16.2. The molecule has 0 aromatic rings. The highest BCUT2D eigenvalue weighted by atomic mass is 32.1. The summed E-state index contributed by atoms with van der Waals surface area (Å²) in [5, 5.41) is 14.6. The monoisotopic (exact) mass is 399 g/mol. The van der Waals surface area contributed by atoms with Crippen LogP contribution < -0.4 is 10.6 Å². The van der Waals surface area contributed by atoms with Crippen LogP contribution in [0.5, 0.6) is 0 Å². The Balaban J connectivity index is 1.99. The minimum atomic E-state index is -2.61. The molecule has 3 unspecified atom stereocenters. The summed E-state index contributed by atoms with van der Waals surface area (Å²) in [6.07, 6.45) is 6.06. The normalized spacial score (nSPS) is 24.6. The number of rotatable bonds is 8. The van der Waals surface area contributed by atoms with Gasteiger partial charge in [-0.3, -0.25) is 13.4 Å². The molecule has 6 nitrogen and oxygen atoms in total. The van der Waals surface area contributed by atoms with Crippen molar-refractivity contribution in [1.82, 2.24) is 15.4 Å². The zero-order valence-electron chi connectivity index (χ0n) is 15.3. The van der Waals surface area contributed by atoms with Crippen LogP contribution in [0.3, 0.4) is 0 Å². The van der Waals surface area contributed by atoms with E-state index in [2.05, 4.69) is 23.3 Å².